The maximum absolute atomic E-state index is 15.1. The Labute approximate surface area is 194 Å². The molecule has 0 amide bonds. The highest BCUT2D eigenvalue weighted by Crippen LogP contribution is 2.33. The van der Waals surface area contributed by atoms with Crippen molar-refractivity contribution in [2.45, 2.75) is 30.8 Å². The third kappa shape index (κ3) is 4.99. The Hall–Kier alpha value is -2.63. The SMILES string of the molecule is Cc1c(N(C)[C@H]2CCN(Cc3cccc(F)c3)C2)cc(F)c(S(=O)(=O)Nc2cscn2)c1F. The first-order chi connectivity index (χ1) is 15.7. The number of thiazole rings is 1. The molecule has 33 heavy (non-hydrogen) atoms. The van der Waals surface area contributed by atoms with Crippen LogP contribution >= 0.6 is 11.3 Å². The van der Waals surface area contributed by atoms with E-state index in [-0.39, 0.29) is 28.9 Å². The fourth-order valence-electron chi connectivity index (χ4n) is 4.11. The molecule has 0 aliphatic carbocycles. The number of hydrogen-bond acceptors (Lipinski definition) is 6. The molecule has 0 saturated carbocycles. The van der Waals surface area contributed by atoms with Crippen molar-refractivity contribution in [3.8, 4) is 0 Å². The molecule has 11 heteroatoms. The lowest BCUT2D eigenvalue weighted by atomic mass is 10.1. The molecule has 0 spiro atoms. The Balaban J connectivity index is 1.53. The third-order valence-corrected chi connectivity index (χ3v) is 7.78. The summed E-state index contributed by atoms with van der Waals surface area (Å²) in [5.74, 6) is -2.59. The zero-order chi connectivity index (χ0) is 23.8. The molecule has 2 aromatic carbocycles. The predicted molar refractivity (Wildman–Crippen MR) is 123 cm³/mol. The zero-order valence-corrected chi connectivity index (χ0v) is 19.7. The van der Waals surface area contributed by atoms with E-state index in [4.69, 9.17) is 0 Å². The second kappa shape index (κ2) is 9.32. The van der Waals surface area contributed by atoms with Crippen LogP contribution in [0.25, 0.3) is 0 Å². The standard InChI is InChI=1S/C22H23F3N4O2S2/c1-14-19(9-18(24)22(21(14)25)33(30,31)27-20-12-32-13-26-20)28(2)17-6-7-29(11-17)10-15-4-3-5-16(23)8-15/h3-5,8-9,12-13,17,27H,6-7,10-11H2,1-2H3/t17-/m0/s1. The van der Waals surface area contributed by atoms with E-state index in [2.05, 4.69) is 14.6 Å². The fourth-order valence-corrected chi connectivity index (χ4v) is 5.86. The van der Waals surface area contributed by atoms with Crippen molar-refractivity contribution >= 4 is 32.9 Å². The van der Waals surface area contributed by atoms with Crippen LogP contribution in [-0.4, -0.2) is 44.5 Å². The second-order valence-corrected chi connectivity index (χ2v) is 10.4. The van der Waals surface area contributed by atoms with Gasteiger partial charge in [-0.1, -0.05) is 12.1 Å². The number of aromatic nitrogens is 1. The lowest BCUT2D eigenvalue weighted by Gasteiger charge is -2.29. The van der Waals surface area contributed by atoms with Crippen molar-refractivity contribution in [2.75, 3.05) is 29.8 Å². The number of anilines is 2. The van der Waals surface area contributed by atoms with Crippen LogP contribution in [0.15, 0.2) is 46.1 Å². The van der Waals surface area contributed by atoms with Crippen LogP contribution in [0.5, 0.6) is 0 Å². The number of halogens is 3. The molecule has 1 aromatic heterocycles. The number of nitrogens with one attached hydrogen (secondary N) is 1. The molecular formula is C22H23F3N4O2S2. The number of likely N-dealkylation sites (tertiary alicyclic amines) is 1. The summed E-state index contributed by atoms with van der Waals surface area (Å²) >= 11 is 1.15. The second-order valence-electron chi connectivity index (χ2n) is 8.04. The zero-order valence-electron chi connectivity index (χ0n) is 18.1. The van der Waals surface area contributed by atoms with Gasteiger partial charge in [0.1, 0.15) is 11.6 Å². The smallest absolute Gasteiger partial charge is 0.268 e. The maximum Gasteiger partial charge on any atom is 0.268 e. The molecular weight excluding hydrogens is 473 g/mol. The van der Waals surface area contributed by atoms with Gasteiger partial charge in [-0.05, 0) is 37.1 Å². The highest BCUT2D eigenvalue weighted by Gasteiger charge is 2.32. The van der Waals surface area contributed by atoms with Gasteiger partial charge in [-0.15, -0.1) is 11.3 Å². The van der Waals surface area contributed by atoms with E-state index in [0.29, 0.717) is 13.1 Å². The average Bonchev–Trinajstić information content (AvgIpc) is 3.42. The largest absolute Gasteiger partial charge is 0.370 e. The number of rotatable bonds is 7. The molecule has 1 atom stereocenters. The molecule has 2 heterocycles. The summed E-state index contributed by atoms with van der Waals surface area (Å²) < 4.78 is 70.8. The summed E-state index contributed by atoms with van der Waals surface area (Å²) in [6.07, 6.45) is 0.750. The molecule has 1 saturated heterocycles. The van der Waals surface area contributed by atoms with Crippen LogP contribution in [0.2, 0.25) is 0 Å². The average molecular weight is 497 g/mol. The number of benzene rings is 2. The molecule has 4 rings (SSSR count). The Morgan fingerprint density at radius 1 is 1.27 bits per heavy atom. The molecule has 1 fully saturated rings. The van der Waals surface area contributed by atoms with Crippen LogP contribution in [0.1, 0.15) is 17.5 Å². The van der Waals surface area contributed by atoms with Crippen molar-refractivity contribution < 1.29 is 21.6 Å². The van der Waals surface area contributed by atoms with Gasteiger partial charge in [0.25, 0.3) is 10.0 Å². The minimum absolute atomic E-state index is 0.00184. The van der Waals surface area contributed by atoms with Gasteiger partial charge < -0.3 is 4.90 Å². The topological polar surface area (TPSA) is 65.5 Å². The van der Waals surface area contributed by atoms with Gasteiger partial charge in [0.05, 0.1) is 5.51 Å². The fraction of sp³-hybridized carbons (Fsp3) is 0.318. The minimum Gasteiger partial charge on any atom is -0.370 e. The van der Waals surface area contributed by atoms with E-state index in [1.54, 1.807) is 18.0 Å². The van der Waals surface area contributed by atoms with Crippen molar-refractivity contribution in [3.63, 3.8) is 0 Å². The van der Waals surface area contributed by atoms with Gasteiger partial charge in [-0.25, -0.2) is 26.6 Å². The summed E-state index contributed by atoms with van der Waals surface area (Å²) in [7, 11) is -2.75. The van der Waals surface area contributed by atoms with Crippen LogP contribution in [-0.2, 0) is 16.6 Å². The first-order valence-corrected chi connectivity index (χ1v) is 12.7. The molecule has 6 nitrogen and oxygen atoms in total. The molecule has 1 N–H and O–H groups in total. The highest BCUT2D eigenvalue weighted by atomic mass is 32.2. The number of sulfonamides is 1. The summed E-state index contributed by atoms with van der Waals surface area (Å²) in [5, 5.41) is 1.43. The molecule has 1 aliphatic heterocycles. The number of nitrogens with zero attached hydrogens (tertiary/aromatic N) is 3. The van der Waals surface area contributed by atoms with Crippen molar-refractivity contribution in [2.24, 2.45) is 0 Å². The van der Waals surface area contributed by atoms with E-state index in [1.807, 2.05) is 6.07 Å². The van der Waals surface area contributed by atoms with E-state index in [0.717, 1.165) is 35.9 Å². The van der Waals surface area contributed by atoms with E-state index >= 15 is 4.39 Å². The van der Waals surface area contributed by atoms with Gasteiger partial charge >= 0.3 is 0 Å². The first-order valence-electron chi connectivity index (χ1n) is 10.2. The summed E-state index contributed by atoms with van der Waals surface area (Å²) in [6.45, 7) is 3.38. The highest BCUT2D eigenvalue weighted by molar-refractivity contribution is 7.92. The minimum atomic E-state index is -4.49. The molecule has 0 bridgehead atoms. The molecule has 3 aromatic rings. The molecule has 0 unspecified atom stereocenters. The van der Waals surface area contributed by atoms with Gasteiger partial charge in [-0.2, -0.15) is 0 Å². The van der Waals surface area contributed by atoms with Crippen molar-refractivity contribution in [3.05, 3.63) is 69.8 Å². The quantitative estimate of drug-likeness (QED) is 0.526. The Bertz CT molecular complexity index is 1250. The van der Waals surface area contributed by atoms with Crippen LogP contribution in [0.4, 0.5) is 24.7 Å². The first kappa shape index (κ1) is 23.5. The van der Waals surface area contributed by atoms with Crippen LogP contribution in [0, 0.1) is 24.4 Å². The lowest BCUT2D eigenvalue weighted by molar-refractivity contribution is 0.325. The van der Waals surface area contributed by atoms with Crippen molar-refractivity contribution in [1.82, 2.24) is 9.88 Å². The number of hydrogen-bond donors (Lipinski definition) is 1. The molecule has 176 valence electrons. The lowest BCUT2D eigenvalue weighted by Crippen LogP contribution is -2.35. The normalized spacial score (nSPS) is 16.8. The Morgan fingerprint density at radius 3 is 2.76 bits per heavy atom. The maximum atomic E-state index is 15.1. The number of likely N-dealkylation sites (N-methyl/N-ethyl adjacent to an activating group) is 1. The summed E-state index contributed by atoms with van der Waals surface area (Å²) in [4.78, 5) is 6.70. The third-order valence-electron chi connectivity index (χ3n) is 5.80. The van der Waals surface area contributed by atoms with E-state index < -0.39 is 26.6 Å². The van der Waals surface area contributed by atoms with Crippen molar-refractivity contribution in [1.29, 1.82) is 0 Å². The molecule has 1 aliphatic rings. The van der Waals surface area contributed by atoms with E-state index in [1.165, 1.54) is 29.9 Å². The van der Waals surface area contributed by atoms with Gasteiger partial charge in [0, 0.05) is 49.4 Å². The van der Waals surface area contributed by atoms with Gasteiger partial charge in [0.2, 0.25) is 0 Å². The van der Waals surface area contributed by atoms with Gasteiger partial charge in [-0.3, -0.25) is 9.62 Å². The Morgan fingerprint density at radius 2 is 2.06 bits per heavy atom. The Kier molecular flexibility index (Phi) is 6.64. The molecule has 0 radical (unpaired) electrons. The van der Waals surface area contributed by atoms with Gasteiger partial charge in [0.15, 0.2) is 16.5 Å². The predicted octanol–water partition coefficient (Wildman–Crippen LogP) is 4.38. The van der Waals surface area contributed by atoms with E-state index in [9.17, 15) is 17.2 Å². The van der Waals surface area contributed by atoms with Crippen LogP contribution in [0.3, 0.4) is 0 Å². The monoisotopic (exact) mass is 496 g/mol. The summed E-state index contributed by atoms with van der Waals surface area (Å²) in [5.41, 5.74) is 2.60. The van der Waals surface area contributed by atoms with Crippen LogP contribution < -0.4 is 9.62 Å². The summed E-state index contributed by atoms with van der Waals surface area (Å²) in [6, 6.07) is 7.43.